The van der Waals surface area contributed by atoms with E-state index in [4.69, 9.17) is 0 Å². The van der Waals surface area contributed by atoms with E-state index in [-0.39, 0.29) is 5.91 Å². The third-order valence-corrected chi connectivity index (χ3v) is 3.15. The SMILES string of the molecule is O=C(CCC1CC1)NCC1=CCNCC1. The largest absolute Gasteiger partial charge is 0.352 e. The van der Waals surface area contributed by atoms with Gasteiger partial charge in [0.25, 0.3) is 0 Å². The molecule has 1 saturated carbocycles. The Morgan fingerprint density at radius 2 is 2.40 bits per heavy atom. The lowest BCUT2D eigenvalue weighted by Gasteiger charge is -2.14. The first-order valence-electron chi connectivity index (χ1n) is 6.00. The Labute approximate surface area is 91.3 Å². The summed E-state index contributed by atoms with van der Waals surface area (Å²) in [4.78, 5) is 11.5. The second-order valence-corrected chi connectivity index (χ2v) is 4.58. The number of hydrogen-bond donors (Lipinski definition) is 2. The van der Waals surface area contributed by atoms with E-state index in [2.05, 4.69) is 16.7 Å². The van der Waals surface area contributed by atoms with Crippen molar-refractivity contribution in [1.82, 2.24) is 10.6 Å². The first kappa shape index (κ1) is 10.7. The minimum atomic E-state index is 0.223. The summed E-state index contributed by atoms with van der Waals surface area (Å²) in [5.41, 5.74) is 1.37. The monoisotopic (exact) mass is 208 g/mol. The van der Waals surface area contributed by atoms with Crippen LogP contribution in [0.3, 0.4) is 0 Å². The molecule has 0 unspecified atom stereocenters. The van der Waals surface area contributed by atoms with E-state index >= 15 is 0 Å². The standard InChI is InChI=1S/C12H20N2O/c15-12(4-3-10-1-2-10)14-9-11-5-7-13-8-6-11/h5,10,13H,1-4,6-9H2,(H,14,15). The van der Waals surface area contributed by atoms with Crippen molar-refractivity contribution in [3.05, 3.63) is 11.6 Å². The van der Waals surface area contributed by atoms with Crippen LogP contribution in [0.15, 0.2) is 11.6 Å². The number of carbonyl (C=O) groups excluding carboxylic acids is 1. The molecular weight excluding hydrogens is 188 g/mol. The van der Waals surface area contributed by atoms with Crippen molar-refractivity contribution in [3.8, 4) is 0 Å². The molecule has 1 heterocycles. The molecular formula is C12H20N2O. The Morgan fingerprint density at radius 3 is 3.07 bits per heavy atom. The lowest BCUT2D eigenvalue weighted by atomic mass is 10.1. The van der Waals surface area contributed by atoms with E-state index < -0.39 is 0 Å². The van der Waals surface area contributed by atoms with Gasteiger partial charge in [-0.2, -0.15) is 0 Å². The van der Waals surface area contributed by atoms with Crippen LogP contribution in [0.1, 0.15) is 32.1 Å². The van der Waals surface area contributed by atoms with Gasteiger partial charge in [-0.15, -0.1) is 0 Å². The molecule has 1 amide bonds. The van der Waals surface area contributed by atoms with Crippen LogP contribution in [0.25, 0.3) is 0 Å². The molecule has 3 nitrogen and oxygen atoms in total. The first-order valence-corrected chi connectivity index (χ1v) is 6.00. The summed E-state index contributed by atoms with van der Waals surface area (Å²) in [6.07, 6.45) is 7.74. The Kier molecular flexibility index (Phi) is 3.78. The van der Waals surface area contributed by atoms with E-state index in [1.54, 1.807) is 0 Å². The van der Waals surface area contributed by atoms with Crippen LogP contribution in [-0.4, -0.2) is 25.5 Å². The van der Waals surface area contributed by atoms with Gasteiger partial charge in [-0.3, -0.25) is 4.79 Å². The Bertz CT molecular complexity index is 256. The van der Waals surface area contributed by atoms with Crippen LogP contribution < -0.4 is 10.6 Å². The second kappa shape index (κ2) is 5.31. The van der Waals surface area contributed by atoms with Gasteiger partial charge in [-0.25, -0.2) is 0 Å². The van der Waals surface area contributed by atoms with E-state index in [0.717, 1.165) is 44.8 Å². The quantitative estimate of drug-likeness (QED) is 0.667. The third-order valence-electron chi connectivity index (χ3n) is 3.15. The van der Waals surface area contributed by atoms with Crippen LogP contribution in [0, 0.1) is 5.92 Å². The molecule has 1 fully saturated rings. The molecule has 3 heteroatoms. The van der Waals surface area contributed by atoms with Crippen LogP contribution >= 0.6 is 0 Å². The van der Waals surface area contributed by atoms with Crippen LogP contribution in [0.2, 0.25) is 0 Å². The molecule has 0 bridgehead atoms. The van der Waals surface area contributed by atoms with Crippen molar-refractivity contribution in [2.75, 3.05) is 19.6 Å². The van der Waals surface area contributed by atoms with Crippen molar-refractivity contribution in [2.45, 2.75) is 32.1 Å². The normalized spacial score (nSPS) is 20.9. The highest BCUT2D eigenvalue weighted by Gasteiger charge is 2.21. The molecule has 2 aliphatic rings. The molecule has 0 saturated heterocycles. The van der Waals surface area contributed by atoms with Gasteiger partial charge in [-0.05, 0) is 25.3 Å². The van der Waals surface area contributed by atoms with Crippen LogP contribution in [0.5, 0.6) is 0 Å². The minimum Gasteiger partial charge on any atom is -0.352 e. The van der Waals surface area contributed by atoms with Gasteiger partial charge in [0, 0.05) is 19.5 Å². The van der Waals surface area contributed by atoms with Gasteiger partial charge in [0.05, 0.1) is 0 Å². The zero-order valence-corrected chi connectivity index (χ0v) is 9.22. The molecule has 1 aliphatic heterocycles. The molecule has 0 spiro atoms. The average molecular weight is 208 g/mol. The number of hydrogen-bond acceptors (Lipinski definition) is 2. The van der Waals surface area contributed by atoms with Crippen molar-refractivity contribution in [2.24, 2.45) is 5.92 Å². The van der Waals surface area contributed by atoms with Crippen molar-refractivity contribution in [3.63, 3.8) is 0 Å². The number of rotatable bonds is 5. The fraction of sp³-hybridized carbons (Fsp3) is 0.750. The van der Waals surface area contributed by atoms with E-state index in [1.807, 2.05) is 0 Å². The Hall–Kier alpha value is -0.830. The maximum atomic E-state index is 11.5. The third kappa shape index (κ3) is 4.04. The molecule has 1 aliphatic carbocycles. The van der Waals surface area contributed by atoms with Gasteiger partial charge < -0.3 is 10.6 Å². The highest BCUT2D eigenvalue weighted by Crippen LogP contribution is 2.33. The van der Waals surface area contributed by atoms with Gasteiger partial charge in [-0.1, -0.05) is 24.5 Å². The number of nitrogens with one attached hydrogen (secondary N) is 2. The lowest BCUT2D eigenvalue weighted by molar-refractivity contribution is -0.121. The molecule has 0 aromatic carbocycles. The minimum absolute atomic E-state index is 0.223. The van der Waals surface area contributed by atoms with Gasteiger partial charge in [0.15, 0.2) is 0 Å². The summed E-state index contributed by atoms with van der Waals surface area (Å²) in [6, 6.07) is 0. The predicted molar refractivity (Wildman–Crippen MR) is 60.5 cm³/mol. The number of carbonyl (C=O) groups is 1. The fourth-order valence-corrected chi connectivity index (χ4v) is 1.87. The molecule has 0 aromatic heterocycles. The maximum absolute atomic E-state index is 11.5. The van der Waals surface area contributed by atoms with Crippen molar-refractivity contribution >= 4 is 5.91 Å². The fourth-order valence-electron chi connectivity index (χ4n) is 1.87. The summed E-state index contributed by atoms with van der Waals surface area (Å²) >= 11 is 0. The summed E-state index contributed by atoms with van der Waals surface area (Å²) in [5, 5.41) is 6.26. The van der Waals surface area contributed by atoms with Gasteiger partial charge in [0.1, 0.15) is 0 Å². The number of amides is 1. The molecule has 2 N–H and O–H groups in total. The second-order valence-electron chi connectivity index (χ2n) is 4.58. The molecule has 0 aromatic rings. The highest BCUT2D eigenvalue weighted by molar-refractivity contribution is 5.76. The van der Waals surface area contributed by atoms with E-state index in [0.29, 0.717) is 0 Å². The van der Waals surface area contributed by atoms with Crippen LogP contribution in [0.4, 0.5) is 0 Å². The smallest absolute Gasteiger partial charge is 0.220 e. The summed E-state index contributed by atoms with van der Waals surface area (Å²) < 4.78 is 0. The summed E-state index contributed by atoms with van der Waals surface area (Å²) in [5.74, 6) is 1.08. The predicted octanol–water partition coefficient (Wildman–Crippen LogP) is 1.21. The first-order chi connectivity index (χ1) is 7.34. The van der Waals surface area contributed by atoms with Crippen LogP contribution in [-0.2, 0) is 4.79 Å². The Morgan fingerprint density at radius 1 is 1.53 bits per heavy atom. The zero-order valence-electron chi connectivity index (χ0n) is 9.22. The van der Waals surface area contributed by atoms with E-state index in [1.165, 1.54) is 18.4 Å². The summed E-state index contributed by atoms with van der Waals surface area (Å²) in [7, 11) is 0. The molecule has 0 atom stereocenters. The van der Waals surface area contributed by atoms with E-state index in [9.17, 15) is 4.79 Å². The molecule has 15 heavy (non-hydrogen) atoms. The Balaban J connectivity index is 1.58. The van der Waals surface area contributed by atoms with Gasteiger partial charge >= 0.3 is 0 Å². The topological polar surface area (TPSA) is 41.1 Å². The zero-order chi connectivity index (χ0) is 10.5. The lowest BCUT2D eigenvalue weighted by Crippen LogP contribution is -2.29. The van der Waals surface area contributed by atoms with Crippen molar-refractivity contribution < 1.29 is 4.79 Å². The maximum Gasteiger partial charge on any atom is 0.220 e. The molecule has 84 valence electrons. The van der Waals surface area contributed by atoms with Gasteiger partial charge in [0.2, 0.25) is 5.91 Å². The molecule has 0 radical (unpaired) electrons. The highest BCUT2D eigenvalue weighted by atomic mass is 16.1. The van der Waals surface area contributed by atoms with Crippen molar-refractivity contribution in [1.29, 1.82) is 0 Å². The molecule has 2 rings (SSSR count). The summed E-state index contributed by atoms with van der Waals surface area (Å²) in [6.45, 7) is 2.75. The average Bonchev–Trinajstić information content (AvgIpc) is 3.09.